The molecule has 0 spiro atoms. The van der Waals surface area contributed by atoms with Crippen LogP contribution < -0.4 is 0 Å². The molecule has 1 unspecified atom stereocenters. The minimum Gasteiger partial charge on any atom is -0.478 e. The molecule has 1 atom stereocenters. The van der Waals surface area contributed by atoms with E-state index in [1.165, 1.54) is 12.1 Å². The molecule has 2 N–H and O–H groups in total. The number of hydrogen-bond acceptors (Lipinski definition) is 2. The van der Waals surface area contributed by atoms with Crippen molar-refractivity contribution in [3.63, 3.8) is 0 Å². The van der Waals surface area contributed by atoms with Gasteiger partial charge < -0.3 is 10.2 Å². The summed E-state index contributed by atoms with van der Waals surface area (Å²) >= 11 is 5.79. The van der Waals surface area contributed by atoms with E-state index in [4.69, 9.17) is 16.7 Å². The summed E-state index contributed by atoms with van der Waals surface area (Å²) in [5, 5.41) is 19.0. The molecule has 2 rings (SSSR count). The maximum absolute atomic E-state index is 10.8. The molecule has 4 heteroatoms. The molecule has 0 heterocycles. The second kappa shape index (κ2) is 3.83. The number of aliphatic hydroxyl groups excluding tert-OH is 1. The van der Waals surface area contributed by atoms with Crippen molar-refractivity contribution in [3.8, 4) is 0 Å². The molecule has 1 aliphatic carbocycles. The molecule has 0 radical (unpaired) electrons. The predicted octanol–water partition coefficient (Wildman–Crippen LogP) is 2.48. The van der Waals surface area contributed by atoms with E-state index in [0.717, 1.165) is 12.8 Å². The van der Waals surface area contributed by atoms with Gasteiger partial charge >= 0.3 is 5.97 Å². The Balaban J connectivity index is 2.33. The highest BCUT2D eigenvalue weighted by Crippen LogP contribution is 2.41. The van der Waals surface area contributed by atoms with Crippen molar-refractivity contribution in [2.45, 2.75) is 18.9 Å². The molecule has 0 saturated heterocycles. The van der Waals surface area contributed by atoms with Crippen LogP contribution >= 0.6 is 11.6 Å². The Morgan fingerprint density at radius 3 is 2.60 bits per heavy atom. The summed E-state index contributed by atoms with van der Waals surface area (Å²) in [7, 11) is 0. The van der Waals surface area contributed by atoms with Crippen molar-refractivity contribution >= 4 is 17.6 Å². The SMILES string of the molecule is O=C(O)c1cc(Cl)cc(C(O)C2CC2)c1. The lowest BCUT2D eigenvalue weighted by molar-refractivity contribution is 0.0696. The lowest BCUT2D eigenvalue weighted by Crippen LogP contribution is -2.03. The Morgan fingerprint density at radius 1 is 1.40 bits per heavy atom. The Kier molecular flexibility index (Phi) is 2.67. The van der Waals surface area contributed by atoms with Gasteiger partial charge in [-0.1, -0.05) is 11.6 Å². The molecule has 1 fully saturated rings. The molecule has 1 aromatic carbocycles. The third-order valence-electron chi connectivity index (χ3n) is 2.58. The highest BCUT2D eigenvalue weighted by molar-refractivity contribution is 6.31. The van der Waals surface area contributed by atoms with Gasteiger partial charge in [-0.05, 0) is 42.5 Å². The maximum atomic E-state index is 10.8. The van der Waals surface area contributed by atoms with Gasteiger partial charge in [-0.25, -0.2) is 4.79 Å². The van der Waals surface area contributed by atoms with Crippen LogP contribution in [0.1, 0.15) is 34.9 Å². The van der Waals surface area contributed by atoms with Gasteiger partial charge in [-0.15, -0.1) is 0 Å². The third-order valence-corrected chi connectivity index (χ3v) is 2.80. The fourth-order valence-corrected chi connectivity index (χ4v) is 1.83. The van der Waals surface area contributed by atoms with Crippen LogP contribution in [0.5, 0.6) is 0 Å². The van der Waals surface area contributed by atoms with E-state index >= 15 is 0 Å². The summed E-state index contributed by atoms with van der Waals surface area (Å²) in [6, 6.07) is 4.49. The molecule has 3 nitrogen and oxygen atoms in total. The lowest BCUT2D eigenvalue weighted by Gasteiger charge is -2.10. The normalized spacial score (nSPS) is 17.5. The summed E-state index contributed by atoms with van der Waals surface area (Å²) in [4.78, 5) is 10.8. The van der Waals surface area contributed by atoms with Crippen molar-refractivity contribution < 1.29 is 15.0 Å². The molecular formula is C11H11ClO3. The fourth-order valence-electron chi connectivity index (χ4n) is 1.59. The van der Waals surface area contributed by atoms with E-state index in [1.807, 2.05) is 0 Å². The fraction of sp³-hybridized carbons (Fsp3) is 0.364. The van der Waals surface area contributed by atoms with Crippen molar-refractivity contribution in [3.05, 3.63) is 34.3 Å². The summed E-state index contributed by atoms with van der Waals surface area (Å²) < 4.78 is 0. The second-order valence-electron chi connectivity index (χ2n) is 3.86. The first kappa shape index (κ1) is 10.5. The van der Waals surface area contributed by atoms with Crippen LogP contribution in [-0.2, 0) is 0 Å². The van der Waals surface area contributed by atoms with Crippen LogP contribution in [0.2, 0.25) is 5.02 Å². The Morgan fingerprint density at radius 2 is 2.07 bits per heavy atom. The first-order valence-electron chi connectivity index (χ1n) is 4.80. The van der Waals surface area contributed by atoms with E-state index in [-0.39, 0.29) is 11.5 Å². The van der Waals surface area contributed by atoms with Gasteiger partial charge in [-0.3, -0.25) is 0 Å². The average Bonchev–Trinajstić information content (AvgIpc) is 2.98. The van der Waals surface area contributed by atoms with Crippen LogP contribution in [0.3, 0.4) is 0 Å². The largest absolute Gasteiger partial charge is 0.478 e. The first-order chi connectivity index (χ1) is 7.08. The highest BCUT2D eigenvalue weighted by Gasteiger charge is 2.31. The minimum absolute atomic E-state index is 0.122. The lowest BCUT2D eigenvalue weighted by atomic mass is 10.0. The maximum Gasteiger partial charge on any atom is 0.335 e. The highest BCUT2D eigenvalue weighted by atomic mass is 35.5. The Bertz CT molecular complexity index is 399. The number of halogens is 1. The van der Waals surface area contributed by atoms with E-state index in [2.05, 4.69) is 0 Å². The molecule has 1 saturated carbocycles. The van der Waals surface area contributed by atoms with Crippen molar-refractivity contribution in [2.24, 2.45) is 5.92 Å². The Labute approximate surface area is 92.3 Å². The molecular weight excluding hydrogens is 216 g/mol. The van der Waals surface area contributed by atoms with Crippen molar-refractivity contribution in [2.75, 3.05) is 0 Å². The van der Waals surface area contributed by atoms with Gasteiger partial charge in [0, 0.05) is 5.02 Å². The number of aliphatic hydroxyl groups is 1. The monoisotopic (exact) mass is 226 g/mol. The van der Waals surface area contributed by atoms with E-state index in [9.17, 15) is 9.90 Å². The third kappa shape index (κ3) is 2.30. The molecule has 0 aromatic heterocycles. The zero-order chi connectivity index (χ0) is 11.0. The Hall–Kier alpha value is -1.06. The van der Waals surface area contributed by atoms with Crippen LogP contribution in [0, 0.1) is 5.92 Å². The number of rotatable bonds is 3. The van der Waals surface area contributed by atoms with Gasteiger partial charge in [0.15, 0.2) is 0 Å². The number of benzene rings is 1. The molecule has 80 valence electrons. The van der Waals surface area contributed by atoms with Crippen molar-refractivity contribution in [1.29, 1.82) is 0 Å². The first-order valence-corrected chi connectivity index (χ1v) is 5.17. The zero-order valence-electron chi connectivity index (χ0n) is 7.98. The topological polar surface area (TPSA) is 57.5 Å². The number of hydrogen-bond donors (Lipinski definition) is 2. The molecule has 0 aliphatic heterocycles. The van der Waals surface area contributed by atoms with Gasteiger partial charge in [0.05, 0.1) is 11.7 Å². The van der Waals surface area contributed by atoms with Crippen LogP contribution in [0.15, 0.2) is 18.2 Å². The van der Waals surface area contributed by atoms with Gasteiger partial charge in [0.25, 0.3) is 0 Å². The molecule has 15 heavy (non-hydrogen) atoms. The van der Waals surface area contributed by atoms with E-state index in [1.54, 1.807) is 6.07 Å². The van der Waals surface area contributed by atoms with Gasteiger partial charge in [0.2, 0.25) is 0 Å². The van der Waals surface area contributed by atoms with Gasteiger partial charge in [-0.2, -0.15) is 0 Å². The standard InChI is InChI=1S/C11H11ClO3/c12-9-4-7(10(13)6-1-2-6)3-8(5-9)11(14)15/h3-6,10,13H,1-2H2,(H,14,15). The molecule has 0 amide bonds. The molecule has 0 bridgehead atoms. The quantitative estimate of drug-likeness (QED) is 0.833. The van der Waals surface area contributed by atoms with E-state index < -0.39 is 12.1 Å². The molecule has 1 aliphatic rings. The predicted molar refractivity (Wildman–Crippen MR) is 56.1 cm³/mol. The summed E-state index contributed by atoms with van der Waals surface area (Å²) in [6.07, 6.45) is 1.41. The number of carbonyl (C=O) groups is 1. The van der Waals surface area contributed by atoms with Crippen LogP contribution in [-0.4, -0.2) is 16.2 Å². The summed E-state index contributed by atoms with van der Waals surface area (Å²) in [6.45, 7) is 0. The average molecular weight is 227 g/mol. The number of aromatic carboxylic acids is 1. The summed E-state index contributed by atoms with van der Waals surface area (Å²) in [5.41, 5.74) is 0.722. The minimum atomic E-state index is -1.03. The van der Waals surface area contributed by atoms with E-state index in [0.29, 0.717) is 10.6 Å². The zero-order valence-corrected chi connectivity index (χ0v) is 8.74. The smallest absolute Gasteiger partial charge is 0.335 e. The molecule has 1 aromatic rings. The van der Waals surface area contributed by atoms with Crippen LogP contribution in [0.4, 0.5) is 0 Å². The second-order valence-corrected chi connectivity index (χ2v) is 4.30. The summed E-state index contributed by atoms with van der Waals surface area (Å²) in [5.74, 6) is -0.758. The van der Waals surface area contributed by atoms with Crippen LogP contribution in [0.25, 0.3) is 0 Å². The number of carboxylic acids is 1. The van der Waals surface area contributed by atoms with Crippen molar-refractivity contribution in [1.82, 2.24) is 0 Å². The van der Waals surface area contributed by atoms with Gasteiger partial charge in [0.1, 0.15) is 0 Å². The number of carboxylic acid groups (broad SMARTS) is 1.